The Bertz CT molecular complexity index is 1070. The van der Waals surface area contributed by atoms with Crippen LogP contribution in [0, 0.1) is 42.7 Å². The molecule has 0 aromatic carbocycles. The van der Waals surface area contributed by atoms with Gasteiger partial charge < -0.3 is 118 Å². The first-order valence-electron chi connectivity index (χ1n) is 28.8. The van der Waals surface area contributed by atoms with E-state index in [0.29, 0.717) is 57.8 Å². The van der Waals surface area contributed by atoms with Gasteiger partial charge in [0.05, 0.1) is 153 Å². The zero-order valence-electron chi connectivity index (χ0n) is 51.1. The number of aliphatic hydroxyl groups is 12. The van der Waals surface area contributed by atoms with Crippen LogP contribution in [-0.2, 0) is 56.8 Å². The Balaban J connectivity index is -0.000000373. The topological polar surface area (TPSA) is 354 Å². The number of unbranched alkanes of at least 4 members (excludes halogenated alkanes) is 9. The van der Waals surface area contributed by atoms with Gasteiger partial charge in [0.25, 0.3) is 0 Å². The van der Waals surface area contributed by atoms with Crippen LogP contribution >= 0.6 is 0 Å². The Morgan fingerprint density at radius 2 is 0.440 bits per heavy atom. The summed E-state index contributed by atoms with van der Waals surface area (Å²) in [4.78, 5) is 0. The SMILES string of the molecule is [CH2-]OCC(O)CCCCCCC(O)COC1CC(OCC(O)CCCCCCC(O)CO[CH2-])CC(OCC(O)CCCCCCC(O)CO[CH2-])C1.[CH2-]OCC(O)COCCO.[CH2-]OCC(O)COCCO.[CH2-]OCC(O)COCCO.[Rf].[Rf].[Rf]. The predicted octanol–water partition coefficient (Wildman–Crippen LogP) is 2.43. The number of aliphatic hydroxyl groups excluding tert-OH is 12. The van der Waals surface area contributed by atoms with Crippen LogP contribution in [0.5, 0.6) is 0 Å². The molecule has 1 aliphatic carbocycles. The summed E-state index contributed by atoms with van der Waals surface area (Å²) in [6, 6.07) is 0. The molecule has 9 unspecified atom stereocenters. The van der Waals surface area contributed by atoms with Crippen LogP contribution in [0.1, 0.15) is 135 Å². The van der Waals surface area contributed by atoms with Crippen molar-refractivity contribution in [2.75, 3.05) is 119 Å². The van der Waals surface area contributed by atoms with Crippen molar-refractivity contribution >= 4 is 0 Å². The minimum Gasteiger partial charge on any atom is -0.553 e. The number of ether oxygens (including phenoxy) is 12. The van der Waals surface area contributed by atoms with Crippen molar-refractivity contribution < 1.29 is 118 Å². The summed E-state index contributed by atoms with van der Waals surface area (Å²) in [5, 5.41) is 112. The molecule has 0 heterocycles. The molecule has 1 rings (SSSR count). The van der Waals surface area contributed by atoms with Crippen LogP contribution in [0.15, 0.2) is 0 Å². The molecule has 0 aromatic rings. The first-order valence-corrected chi connectivity index (χ1v) is 28.8. The molecule has 498 valence electrons. The van der Waals surface area contributed by atoms with Crippen molar-refractivity contribution in [3.8, 4) is 0 Å². The monoisotopic (exact) mass is 1980 g/mol. The molecule has 1 aliphatic rings. The minimum absolute atomic E-state index is 0. The van der Waals surface area contributed by atoms with E-state index in [-0.39, 0.29) is 137 Å². The van der Waals surface area contributed by atoms with Crippen molar-refractivity contribution in [3.63, 3.8) is 0 Å². The first-order chi connectivity index (χ1) is 39.1. The number of rotatable bonds is 54. The molecule has 0 radical (unpaired) electrons. The molecule has 24 nitrogen and oxygen atoms in total. The number of hydrogen-bond donors (Lipinski definition) is 12. The van der Waals surface area contributed by atoms with Crippen LogP contribution in [0.2, 0.25) is 0 Å². The van der Waals surface area contributed by atoms with Gasteiger partial charge >= 0.3 is 0 Å². The van der Waals surface area contributed by atoms with Crippen LogP contribution in [-0.4, -0.2) is 253 Å². The van der Waals surface area contributed by atoms with E-state index in [2.05, 4.69) is 56.9 Å². The maximum Gasteiger partial charge on any atom is 0.0976 e. The average Bonchev–Trinajstić information content (AvgIpc) is 3.45. The summed E-state index contributed by atoms with van der Waals surface area (Å²) in [7, 11) is 19.1. The summed E-state index contributed by atoms with van der Waals surface area (Å²) in [6.07, 6.45) is 11.6. The summed E-state index contributed by atoms with van der Waals surface area (Å²) in [6.45, 7) is 3.09. The largest absolute Gasteiger partial charge is 0.553 e. The summed E-state index contributed by atoms with van der Waals surface area (Å²) in [5.74, 6) is 0. The van der Waals surface area contributed by atoms with Gasteiger partial charge in [-0.3, -0.25) is 0 Å². The van der Waals surface area contributed by atoms with Crippen molar-refractivity contribution in [3.05, 3.63) is 42.7 Å². The minimum atomic E-state index is -0.649. The third-order valence-electron chi connectivity index (χ3n) is 12.1. The van der Waals surface area contributed by atoms with Crippen LogP contribution in [0.4, 0.5) is 0 Å². The Labute approximate surface area is 486 Å². The van der Waals surface area contributed by atoms with Crippen LogP contribution in [0.25, 0.3) is 0 Å². The van der Waals surface area contributed by atoms with E-state index in [1.807, 2.05) is 0 Å². The van der Waals surface area contributed by atoms with Gasteiger partial charge in [0.15, 0.2) is 0 Å². The Morgan fingerprint density at radius 3 is 0.619 bits per heavy atom. The second kappa shape index (κ2) is 69.8. The van der Waals surface area contributed by atoms with E-state index >= 15 is 0 Å². The van der Waals surface area contributed by atoms with E-state index < -0.39 is 54.9 Å². The maximum absolute atomic E-state index is 10.6. The summed E-state index contributed by atoms with van der Waals surface area (Å²) >= 11 is 0. The Hall–Kier alpha value is -3.96. The Kier molecular flexibility index (Phi) is 75.8. The van der Waals surface area contributed by atoms with Gasteiger partial charge in [-0.1, -0.05) is 77.0 Å². The molecule has 0 aliphatic heterocycles. The average molecular weight is 1980 g/mol. The normalized spacial score (nSPS) is 18.0. The standard InChI is InChI=1S/C39H75O12.3C6H13O4.3Rf/c1-46-25-31(40)16-10-4-7-13-19-34(43)28-49-37-22-38(50-29-35(44)20-14-8-5-11-17-32(41)26-47-2)24-39(23-37)51-30-36(45)21-15-9-6-12-18-33(42)27-48-3;3*1-9-4-6(8)5-10-3-2-7;;;/h31-45H,1-30H2;3*6-8H,1-5H2;;;/q-3;3*-1;;;. The predicted molar refractivity (Wildman–Crippen MR) is 302 cm³/mol. The quantitative estimate of drug-likeness (QED) is 0.0307. The van der Waals surface area contributed by atoms with Gasteiger partial charge in [0.2, 0.25) is 0 Å². The molecular weight excluding hydrogens is 1870 g/mol. The van der Waals surface area contributed by atoms with Gasteiger partial charge in [-0.05, 0) is 57.8 Å². The van der Waals surface area contributed by atoms with Gasteiger partial charge in [-0.15, -0.1) is 0 Å². The van der Waals surface area contributed by atoms with E-state index in [9.17, 15) is 30.6 Å². The zero-order chi connectivity index (χ0) is 61.0. The summed E-state index contributed by atoms with van der Waals surface area (Å²) in [5.41, 5.74) is 0. The van der Waals surface area contributed by atoms with Gasteiger partial charge in [-0.2, -0.15) is 0 Å². The molecule has 84 heavy (non-hydrogen) atoms. The molecule has 0 bridgehead atoms. The third-order valence-corrected chi connectivity index (χ3v) is 12.1. The molecule has 9 atom stereocenters. The molecule has 1 fully saturated rings. The Morgan fingerprint density at radius 1 is 0.262 bits per heavy atom. The van der Waals surface area contributed by atoms with E-state index in [1.165, 1.54) is 0 Å². The second-order valence-electron chi connectivity index (χ2n) is 20.1. The third kappa shape index (κ3) is 67.2. The van der Waals surface area contributed by atoms with Gasteiger partial charge in [-0.25, -0.2) is 42.7 Å². The molecular formula is C57H114O24Rf3-6. The zero-order valence-corrected chi connectivity index (χ0v) is 70.3. The molecule has 0 aromatic heterocycles. The fourth-order valence-electron chi connectivity index (χ4n) is 7.97. The van der Waals surface area contributed by atoms with Crippen molar-refractivity contribution in [2.24, 2.45) is 0 Å². The van der Waals surface area contributed by atoms with Crippen molar-refractivity contribution in [2.45, 2.75) is 208 Å². The van der Waals surface area contributed by atoms with E-state index in [0.717, 1.165) is 77.0 Å². The van der Waals surface area contributed by atoms with Crippen molar-refractivity contribution in [1.29, 1.82) is 0 Å². The van der Waals surface area contributed by atoms with Crippen molar-refractivity contribution in [1.82, 2.24) is 0 Å². The molecule has 1 saturated carbocycles. The molecule has 12 N–H and O–H groups in total. The molecule has 0 amide bonds. The van der Waals surface area contributed by atoms with E-state index in [4.69, 9.17) is 73.3 Å². The second-order valence-corrected chi connectivity index (χ2v) is 20.1. The van der Waals surface area contributed by atoms with E-state index in [1.54, 1.807) is 0 Å². The van der Waals surface area contributed by atoms with Crippen LogP contribution in [0.3, 0.4) is 0 Å². The molecule has 27 heteroatoms. The molecule has 0 saturated heterocycles. The fraction of sp³-hybridized carbons (Fsp3) is 0.895. The van der Waals surface area contributed by atoms with Gasteiger partial charge in [0.1, 0.15) is 0 Å². The fourth-order valence-corrected chi connectivity index (χ4v) is 7.97. The van der Waals surface area contributed by atoms with Gasteiger partial charge in [0, 0.05) is 39.6 Å². The number of hydrogen-bond acceptors (Lipinski definition) is 24. The smallest absolute Gasteiger partial charge is 0.0976 e. The summed E-state index contributed by atoms with van der Waals surface area (Å²) < 4.78 is 60.2. The maximum atomic E-state index is 10.6. The van der Waals surface area contributed by atoms with Crippen LogP contribution < -0.4 is 0 Å². The molecule has 0 spiro atoms. The first kappa shape index (κ1) is 91.2.